The first kappa shape index (κ1) is 17.7. The number of hydrogen-bond donors (Lipinski definition) is 0. The number of aryl methyl sites for hydroxylation is 1. The van der Waals surface area contributed by atoms with E-state index in [1.807, 2.05) is 4.90 Å². The molecule has 144 valence electrons. The third-order valence-corrected chi connectivity index (χ3v) is 5.67. The number of nitrogens with zero attached hydrogens (tertiary/aromatic N) is 6. The van der Waals surface area contributed by atoms with Crippen LogP contribution in [0.1, 0.15) is 25.7 Å². The van der Waals surface area contributed by atoms with Gasteiger partial charge in [-0.05, 0) is 12.8 Å². The highest BCUT2D eigenvalue weighted by Crippen LogP contribution is 2.26. The maximum Gasteiger partial charge on any atom is 0.264 e. The number of carbonyl (C=O) groups excluding carboxylic acids is 2. The third kappa shape index (κ3) is 3.33. The van der Waals surface area contributed by atoms with Gasteiger partial charge < -0.3 is 9.80 Å². The molecule has 9 nitrogen and oxygen atoms in total. The van der Waals surface area contributed by atoms with Crippen LogP contribution in [0, 0.1) is 5.92 Å². The molecule has 1 saturated carbocycles. The lowest BCUT2D eigenvalue weighted by Crippen LogP contribution is -2.52. The van der Waals surface area contributed by atoms with Crippen molar-refractivity contribution in [3.63, 3.8) is 0 Å². The Morgan fingerprint density at radius 2 is 1.78 bits per heavy atom. The predicted octanol–water partition coefficient (Wildman–Crippen LogP) is -0.00900. The van der Waals surface area contributed by atoms with Crippen molar-refractivity contribution in [2.24, 2.45) is 13.0 Å². The van der Waals surface area contributed by atoms with Crippen molar-refractivity contribution in [3.05, 3.63) is 22.9 Å². The lowest BCUT2D eigenvalue weighted by Gasteiger charge is -2.36. The molecule has 2 aromatic heterocycles. The van der Waals surface area contributed by atoms with Gasteiger partial charge in [-0.2, -0.15) is 5.10 Å². The maximum absolute atomic E-state index is 12.6. The molecule has 27 heavy (non-hydrogen) atoms. The summed E-state index contributed by atoms with van der Waals surface area (Å²) in [6, 6.07) is 0. The summed E-state index contributed by atoms with van der Waals surface area (Å²) in [6.45, 7) is 2.10. The van der Waals surface area contributed by atoms with Crippen LogP contribution in [0.5, 0.6) is 0 Å². The molecule has 2 aromatic rings. The second kappa shape index (κ2) is 7.13. The average Bonchev–Trinajstić information content (AvgIpc) is 3.34. The summed E-state index contributed by atoms with van der Waals surface area (Å²) in [6.07, 6.45) is 7.12. The molecule has 0 aromatic carbocycles. The number of carbonyl (C=O) groups is 2. The molecule has 0 bridgehead atoms. The van der Waals surface area contributed by atoms with E-state index < -0.39 is 0 Å². The standard InChI is InChI=1S/C18H24N6O3/c1-21-16-14(10-20-21)18(27)24(12-19-16)11-15(25)22-6-8-23(9-7-22)17(26)13-4-2-3-5-13/h10,12-13H,2-9,11H2,1H3. The van der Waals surface area contributed by atoms with Gasteiger partial charge in [0.1, 0.15) is 18.3 Å². The average molecular weight is 372 g/mol. The maximum atomic E-state index is 12.6. The normalized spacial score (nSPS) is 18.4. The van der Waals surface area contributed by atoms with E-state index in [0.29, 0.717) is 37.2 Å². The molecule has 0 spiro atoms. The van der Waals surface area contributed by atoms with E-state index in [0.717, 1.165) is 25.7 Å². The van der Waals surface area contributed by atoms with Crippen molar-refractivity contribution in [2.75, 3.05) is 26.2 Å². The molecule has 0 radical (unpaired) electrons. The van der Waals surface area contributed by atoms with Crippen molar-refractivity contribution < 1.29 is 9.59 Å². The zero-order valence-electron chi connectivity index (χ0n) is 15.5. The number of piperazine rings is 1. The fourth-order valence-electron chi connectivity index (χ4n) is 4.03. The highest BCUT2D eigenvalue weighted by atomic mass is 16.2. The van der Waals surface area contributed by atoms with Crippen molar-refractivity contribution in [3.8, 4) is 0 Å². The summed E-state index contributed by atoms with van der Waals surface area (Å²) < 4.78 is 2.85. The molecule has 9 heteroatoms. The van der Waals surface area contributed by atoms with Gasteiger partial charge in [0, 0.05) is 39.1 Å². The molecule has 2 fully saturated rings. The van der Waals surface area contributed by atoms with Crippen LogP contribution in [0.3, 0.4) is 0 Å². The monoisotopic (exact) mass is 372 g/mol. The number of amides is 2. The molecule has 1 aliphatic heterocycles. The summed E-state index contributed by atoms with van der Waals surface area (Å²) in [5.74, 6) is 0.278. The molecular weight excluding hydrogens is 348 g/mol. The largest absolute Gasteiger partial charge is 0.339 e. The van der Waals surface area contributed by atoms with Crippen molar-refractivity contribution in [1.29, 1.82) is 0 Å². The number of fused-ring (bicyclic) bond motifs is 1. The third-order valence-electron chi connectivity index (χ3n) is 5.67. The summed E-state index contributed by atoms with van der Waals surface area (Å²) in [4.78, 5) is 45.4. The zero-order valence-corrected chi connectivity index (χ0v) is 15.5. The number of rotatable bonds is 3. The first-order valence-electron chi connectivity index (χ1n) is 9.48. The SMILES string of the molecule is Cn1ncc2c(=O)n(CC(=O)N3CCN(C(=O)C4CCCC4)CC3)cnc21. The van der Waals surface area contributed by atoms with Crippen molar-refractivity contribution in [2.45, 2.75) is 32.2 Å². The molecule has 4 rings (SSSR count). The smallest absolute Gasteiger partial charge is 0.264 e. The van der Waals surface area contributed by atoms with Crippen molar-refractivity contribution >= 4 is 22.8 Å². The Kier molecular flexibility index (Phi) is 4.67. The van der Waals surface area contributed by atoms with Gasteiger partial charge in [-0.15, -0.1) is 0 Å². The van der Waals surface area contributed by atoms with Crippen LogP contribution in [0.25, 0.3) is 11.0 Å². The molecule has 1 aliphatic carbocycles. The first-order chi connectivity index (χ1) is 13.0. The van der Waals surface area contributed by atoms with E-state index in [9.17, 15) is 14.4 Å². The Morgan fingerprint density at radius 1 is 1.11 bits per heavy atom. The van der Waals surface area contributed by atoms with E-state index in [4.69, 9.17) is 0 Å². The van der Waals surface area contributed by atoms with Crippen LogP contribution in [0.4, 0.5) is 0 Å². The van der Waals surface area contributed by atoms with Gasteiger partial charge in [0.2, 0.25) is 11.8 Å². The lowest BCUT2D eigenvalue weighted by molar-refractivity contribution is -0.142. The Labute approximate surface area is 156 Å². The van der Waals surface area contributed by atoms with Gasteiger partial charge in [0.15, 0.2) is 5.65 Å². The van der Waals surface area contributed by atoms with Gasteiger partial charge in [-0.1, -0.05) is 12.8 Å². The second-order valence-corrected chi connectivity index (χ2v) is 7.37. The van der Waals surface area contributed by atoms with Crippen LogP contribution in [0.2, 0.25) is 0 Å². The topological polar surface area (TPSA) is 93.3 Å². The number of aromatic nitrogens is 4. The summed E-state index contributed by atoms with van der Waals surface area (Å²) in [5.41, 5.74) is 0.235. The van der Waals surface area contributed by atoms with Gasteiger partial charge in [0.05, 0.1) is 6.20 Å². The highest BCUT2D eigenvalue weighted by Gasteiger charge is 2.30. The van der Waals surface area contributed by atoms with Crippen molar-refractivity contribution in [1.82, 2.24) is 29.1 Å². The minimum absolute atomic E-state index is 0.0484. The van der Waals surface area contributed by atoms with Gasteiger partial charge in [-0.25, -0.2) is 4.98 Å². The van der Waals surface area contributed by atoms with Crippen LogP contribution in [-0.2, 0) is 23.2 Å². The summed E-state index contributed by atoms with van der Waals surface area (Å²) in [7, 11) is 1.72. The van der Waals surface area contributed by atoms with E-state index in [-0.39, 0.29) is 29.8 Å². The Morgan fingerprint density at radius 3 is 2.48 bits per heavy atom. The summed E-state index contributed by atoms with van der Waals surface area (Å²) in [5, 5.41) is 4.43. The minimum atomic E-state index is -0.267. The Hall–Kier alpha value is -2.71. The minimum Gasteiger partial charge on any atom is -0.339 e. The fourth-order valence-corrected chi connectivity index (χ4v) is 4.03. The van der Waals surface area contributed by atoms with Gasteiger partial charge in [0.25, 0.3) is 5.56 Å². The molecule has 0 atom stereocenters. The van der Waals surface area contributed by atoms with Gasteiger partial charge in [-0.3, -0.25) is 23.6 Å². The van der Waals surface area contributed by atoms with Crippen LogP contribution in [0.15, 0.2) is 17.3 Å². The summed E-state index contributed by atoms with van der Waals surface area (Å²) >= 11 is 0. The molecule has 2 amide bonds. The molecule has 1 saturated heterocycles. The first-order valence-corrected chi connectivity index (χ1v) is 9.48. The zero-order chi connectivity index (χ0) is 19.0. The molecule has 0 unspecified atom stereocenters. The second-order valence-electron chi connectivity index (χ2n) is 7.37. The van der Waals surface area contributed by atoms with Crippen LogP contribution in [-0.4, -0.2) is 67.1 Å². The lowest BCUT2D eigenvalue weighted by atomic mass is 10.1. The molecular formula is C18H24N6O3. The van der Waals surface area contributed by atoms with E-state index in [1.165, 1.54) is 21.8 Å². The molecule has 3 heterocycles. The highest BCUT2D eigenvalue weighted by molar-refractivity contribution is 5.80. The van der Waals surface area contributed by atoms with E-state index >= 15 is 0 Å². The Bertz CT molecular complexity index is 919. The molecule has 2 aliphatic rings. The van der Waals surface area contributed by atoms with E-state index in [2.05, 4.69) is 10.1 Å². The predicted molar refractivity (Wildman–Crippen MR) is 97.9 cm³/mol. The van der Waals surface area contributed by atoms with Crippen LogP contribution < -0.4 is 5.56 Å². The van der Waals surface area contributed by atoms with E-state index in [1.54, 1.807) is 11.9 Å². The number of hydrogen-bond acceptors (Lipinski definition) is 5. The Balaban J connectivity index is 1.38. The quantitative estimate of drug-likeness (QED) is 0.756. The van der Waals surface area contributed by atoms with Gasteiger partial charge >= 0.3 is 0 Å². The van der Waals surface area contributed by atoms with Crippen LogP contribution >= 0.6 is 0 Å². The molecule has 0 N–H and O–H groups in total. The fraction of sp³-hybridized carbons (Fsp3) is 0.611.